The van der Waals surface area contributed by atoms with Gasteiger partial charge in [-0.2, -0.15) is 0 Å². The number of hydrogen-bond acceptors (Lipinski definition) is 5. The fourth-order valence-electron chi connectivity index (χ4n) is 2.61. The Kier molecular flexibility index (Phi) is 7.01. The molecule has 1 aliphatic carbocycles. The number of esters is 1. The normalized spacial score (nSPS) is 13.2. The summed E-state index contributed by atoms with van der Waals surface area (Å²) in [6, 6.07) is 12.0. The summed E-state index contributed by atoms with van der Waals surface area (Å²) in [7, 11) is -3.39. The number of thiophene rings is 1. The van der Waals surface area contributed by atoms with Crippen molar-refractivity contribution < 1.29 is 17.9 Å². The quantitative estimate of drug-likeness (QED) is 0.816. The van der Waals surface area contributed by atoms with Crippen LogP contribution in [-0.4, -0.2) is 27.2 Å². The van der Waals surface area contributed by atoms with Gasteiger partial charge < -0.3 is 4.74 Å². The van der Waals surface area contributed by atoms with Crippen molar-refractivity contribution in [2.24, 2.45) is 0 Å². The molecule has 0 saturated heterocycles. The summed E-state index contributed by atoms with van der Waals surface area (Å²) < 4.78 is 30.3. The van der Waals surface area contributed by atoms with Gasteiger partial charge >= 0.3 is 5.97 Å². The summed E-state index contributed by atoms with van der Waals surface area (Å²) in [4.78, 5) is 13.1. The lowest BCUT2D eigenvalue weighted by molar-refractivity contribution is 0.0526. The highest BCUT2D eigenvalue weighted by Crippen LogP contribution is 2.38. The van der Waals surface area contributed by atoms with Crippen LogP contribution in [0.3, 0.4) is 0 Å². The average Bonchev–Trinajstić information content (AvgIpc) is 2.93. The summed E-state index contributed by atoms with van der Waals surface area (Å²) in [6.45, 7) is 2.02. The SMILES string of the molecule is CCOC(=O)c1c(NS(C)(=O)=O)sc2c1CCCC2.c1ccccc1. The van der Waals surface area contributed by atoms with Gasteiger partial charge in [0.1, 0.15) is 5.00 Å². The Morgan fingerprint density at radius 3 is 2.20 bits per heavy atom. The Labute approximate surface area is 153 Å². The fraction of sp³-hybridized carbons (Fsp3) is 0.389. The highest BCUT2D eigenvalue weighted by atomic mass is 32.2. The Morgan fingerprint density at radius 2 is 1.68 bits per heavy atom. The average molecular weight is 382 g/mol. The smallest absolute Gasteiger partial charge is 0.341 e. The molecule has 3 rings (SSSR count). The van der Waals surface area contributed by atoms with E-state index in [0.29, 0.717) is 10.6 Å². The van der Waals surface area contributed by atoms with Crippen LogP contribution in [0.4, 0.5) is 5.00 Å². The van der Waals surface area contributed by atoms with Crippen LogP contribution >= 0.6 is 11.3 Å². The van der Waals surface area contributed by atoms with Gasteiger partial charge in [-0.1, -0.05) is 36.4 Å². The third kappa shape index (κ3) is 5.86. The van der Waals surface area contributed by atoms with Crippen LogP contribution < -0.4 is 4.72 Å². The molecule has 0 fully saturated rings. The number of carbonyl (C=O) groups excluding carboxylic acids is 1. The van der Waals surface area contributed by atoms with Crippen molar-refractivity contribution in [2.75, 3.05) is 17.6 Å². The van der Waals surface area contributed by atoms with Crippen molar-refractivity contribution >= 4 is 32.3 Å². The number of hydrogen-bond donors (Lipinski definition) is 1. The molecule has 136 valence electrons. The number of ether oxygens (including phenoxy) is 1. The summed E-state index contributed by atoms with van der Waals surface area (Å²) in [5.74, 6) is -0.437. The molecular formula is C18H23NO4S2. The maximum Gasteiger partial charge on any atom is 0.341 e. The predicted molar refractivity (Wildman–Crippen MR) is 102 cm³/mol. The zero-order chi connectivity index (χ0) is 18.3. The maximum absolute atomic E-state index is 12.0. The Bertz CT molecular complexity index is 771. The van der Waals surface area contributed by atoms with Gasteiger partial charge in [-0.15, -0.1) is 11.3 Å². The van der Waals surface area contributed by atoms with E-state index in [1.807, 2.05) is 36.4 Å². The lowest BCUT2D eigenvalue weighted by Crippen LogP contribution is -2.14. The fourth-order valence-corrected chi connectivity index (χ4v) is 4.80. The molecule has 0 unspecified atom stereocenters. The van der Waals surface area contributed by atoms with Gasteiger partial charge in [-0.3, -0.25) is 4.72 Å². The molecule has 1 aromatic heterocycles. The zero-order valence-corrected chi connectivity index (χ0v) is 16.1. The van der Waals surface area contributed by atoms with E-state index in [4.69, 9.17) is 4.74 Å². The second-order valence-corrected chi connectivity index (χ2v) is 8.52. The third-order valence-corrected chi connectivity index (χ3v) is 5.51. The second-order valence-electron chi connectivity index (χ2n) is 5.66. The van der Waals surface area contributed by atoms with Gasteiger partial charge in [0.05, 0.1) is 18.4 Å². The minimum atomic E-state index is -3.39. The minimum absolute atomic E-state index is 0.280. The Hall–Kier alpha value is -1.86. The number of carbonyl (C=O) groups is 1. The van der Waals surface area contributed by atoms with Crippen molar-refractivity contribution in [3.8, 4) is 0 Å². The number of aryl methyl sites for hydroxylation is 1. The predicted octanol–water partition coefficient (Wildman–Crippen LogP) is 3.86. The third-order valence-electron chi connectivity index (χ3n) is 3.60. The van der Waals surface area contributed by atoms with Gasteiger partial charge in [0, 0.05) is 4.88 Å². The molecule has 0 spiro atoms. The first-order chi connectivity index (χ1) is 11.9. The minimum Gasteiger partial charge on any atom is -0.462 e. The Balaban J connectivity index is 0.000000316. The molecule has 0 atom stereocenters. The monoisotopic (exact) mass is 381 g/mol. The largest absolute Gasteiger partial charge is 0.462 e. The highest BCUT2D eigenvalue weighted by molar-refractivity contribution is 7.92. The molecule has 0 aliphatic heterocycles. The summed E-state index contributed by atoms with van der Waals surface area (Å²) in [6.07, 6.45) is 4.90. The lowest BCUT2D eigenvalue weighted by atomic mass is 9.95. The van der Waals surface area contributed by atoms with E-state index in [1.54, 1.807) is 6.92 Å². The van der Waals surface area contributed by atoms with Gasteiger partial charge in [-0.25, -0.2) is 13.2 Å². The molecular weight excluding hydrogens is 358 g/mol. The molecule has 0 bridgehead atoms. The number of benzene rings is 1. The number of fused-ring (bicyclic) bond motifs is 1. The van der Waals surface area contributed by atoms with Crippen molar-refractivity contribution in [1.29, 1.82) is 0 Å². The first-order valence-corrected chi connectivity index (χ1v) is 10.9. The molecule has 7 heteroatoms. The van der Waals surface area contributed by atoms with E-state index in [1.165, 1.54) is 11.3 Å². The van der Waals surface area contributed by atoms with Crippen LogP contribution in [0.5, 0.6) is 0 Å². The van der Waals surface area contributed by atoms with Crippen molar-refractivity contribution in [1.82, 2.24) is 0 Å². The second kappa shape index (κ2) is 9.01. The van der Waals surface area contributed by atoms with Crippen molar-refractivity contribution in [3.05, 3.63) is 52.4 Å². The van der Waals surface area contributed by atoms with E-state index in [0.717, 1.165) is 42.4 Å². The molecule has 1 N–H and O–H groups in total. The molecule has 5 nitrogen and oxygen atoms in total. The van der Waals surface area contributed by atoms with E-state index < -0.39 is 16.0 Å². The molecule has 1 aliphatic rings. The van der Waals surface area contributed by atoms with Crippen LogP contribution in [-0.2, 0) is 27.6 Å². The van der Waals surface area contributed by atoms with Gasteiger partial charge in [0.2, 0.25) is 10.0 Å². The number of nitrogens with one attached hydrogen (secondary N) is 1. The lowest BCUT2D eigenvalue weighted by Gasteiger charge is -2.12. The van der Waals surface area contributed by atoms with Crippen molar-refractivity contribution in [2.45, 2.75) is 32.6 Å². The van der Waals surface area contributed by atoms with Crippen molar-refractivity contribution in [3.63, 3.8) is 0 Å². The van der Waals surface area contributed by atoms with Crippen LogP contribution in [0.1, 0.15) is 40.6 Å². The molecule has 0 radical (unpaired) electrons. The van der Waals surface area contributed by atoms with E-state index in [-0.39, 0.29) is 6.61 Å². The van der Waals surface area contributed by atoms with E-state index in [2.05, 4.69) is 4.72 Å². The Morgan fingerprint density at radius 1 is 1.12 bits per heavy atom. The van der Waals surface area contributed by atoms with Gasteiger partial charge in [0.15, 0.2) is 0 Å². The summed E-state index contributed by atoms with van der Waals surface area (Å²) in [5, 5.41) is 0.396. The van der Waals surface area contributed by atoms with Gasteiger partial charge in [0.25, 0.3) is 0 Å². The zero-order valence-electron chi connectivity index (χ0n) is 14.4. The molecule has 25 heavy (non-hydrogen) atoms. The highest BCUT2D eigenvalue weighted by Gasteiger charge is 2.27. The van der Waals surface area contributed by atoms with Crippen LogP contribution in [0, 0.1) is 0 Å². The molecule has 2 aromatic rings. The summed E-state index contributed by atoms with van der Waals surface area (Å²) in [5.41, 5.74) is 1.37. The number of sulfonamides is 1. The number of anilines is 1. The van der Waals surface area contributed by atoms with E-state index in [9.17, 15) is 13.2 Å². The standard InChI is InChI=1S/C12H17NO4S2.C6H6/c1-3-17-12(14)10-8-6-4-5-7-9(8)18-11(10)13-19(2,15)16;1-2-4-6-5-3-1/h13H,3-7H2,1-2H3;1-6H. The molecule has 0 amide bonds. The van der Waals surface area contributed by atoms with Crippen LogP contribution in [0.25, 0.3) is 0 Å². The van der Waals surface area contributed by atoms with Crippen LogP contribution in [0.15, 0.2) is 36.4 Å². The first kappa shape index (κ1) is 19.5. The molecule has 1 aromatic carbocycles. The van der Waals surface area contributed by atoms with E-state index >= 15 is 0 Å². The summed E-state index contributed by atoms with van der Waals surface area (Å²) >= 11 is 1.35. The molecule has 1 heterocycles. The number of rotatable bonds is 4. The molecule has 0 saturated carbocycles. The first-order valence-electron chi connectivity index (χ1n) is 8.22. The topological polar surface area (TPSA) is 72.5 Å². The van der Waals surface area contributed by atoms with Gasteiger partial charge in [-0.05, 0) is 38.2 Å². The maximum atomic E-state index is 12.0. The van der Waals surface area contributed by atoms with Crippen LogP contribution in [0.2, 0.25) is 0 Å².